The fraction of sp³-hybridized carbons (Fsp3) is 0.182. The van der Waals surface area contributed by atoms with Crippen LogP contribution in [-0.4, -0.2) is 23.0 Å². The van der Waals surface area contributed by atoms with Gasteiger partial charge in [-0.1, -0.05) is 18.2 Å². The van der Waals surface area contributed by atoms with Gasteiger partial charge in [0.1, 0.15) is 5.71 Å². The molecule has 1 aliphatic heterocycles. The summed E-state index contributed by atoms with van der Waals surface area (Å²) < 4.78 is 4.06. The van der Waals surface area contributed by atoms with Crippen molar-refractivity contribution in [3.05, 3.63) is 35.4 Å². The van der Waals surface area contributed by atoms with E-state index in [0.717, 1.165) is 5.56 Å². The molecule has 0 unspecified atom stereocenters. The van der Waals surface area contributed by atoms with Gasteiger partial charge in [-0.15, -0.1) is 0 Å². The first-order valence-corrected chi connectivity index (χ1v) is 5.47. The van der Waals surface area contributed by atoms with Gasteiger partial charge in [-0.2, -0.15) is 0 Å². The molecule has 76 valence electrons. The monoisotopic (exact) mass is 219 g/mol. The summed E-state index contributed by atoms with van der Waals surface area (Å²) in [4.78, 5) is 22.6. The third-order valence-electron chi connectivity index (χ3n) is 2.16. The average Bonchev–Trinajstić information content (AvgIpc) is 2.64. The van der Waals surface area contributed by atoms with E-state index in [4.69, 9.17) is 0 Å². The number of hydrogen-bond donors (Lipinski definition) is 0. The second kappa shape index (κ2) is 3.98. The maximum absolute atomic E-state index is 11.4. The molecule has 0 atom stereocenters. The Morgan fingerprint density at radius 2 is 2.27 bits per heavy atom. The van der Waals surface area contributed by atoms with Crippen LogP contribution in [-0.2, 0) is 4.79 Å². The molecule has 0 bridgehead atoms. The van der Waals surface area contributed by atoms with Crippen LogP contribution in [0.25, 0.3) is 0 Å². The lowest BCUT2D eigenvalue weighted by atomic mass is 10.0. The van der Waals surface area contributed by atoms with Crippen molar-refractivity contribution in [3.63, 3.8) is 0 Å². The second-order valence-electron chi connectivity index (χ2n) is 3.27. The van der Waals surface area contributed by atoms with E-state index in [9.17, 15) is 9.59 Å². The van der Waals surface area contributed by atoms with Gasteiger partial charge in [0, 0.05) is 11.1 Å². The molecule has 0 amide bonds. The fourth-order valence-electron chi connectivity index (χ4n) is 1.37. The highest BCUT2D eigenvalue weighted by Gasteiger charge is 2.20. The largest absolute Gasteiger partial charge is 0.295 e. The summed E-state index contributed by atoms with van der Waals surface area (Å²) in [5, 5.41) is 0. The van der Waals surface area contributed by atoms with Crippen LogP contribution in [0.15, 0.2) is 28.7 Å². The van der Waals surface area contributed by atoms with Crippen molar-refractivity contribution < 1.29 is 9.59 Å². The normalized spacial score (nSPS) is 15.3. The SMILES string of the molecule is CC(=O)c1cccc(C2=NSCC2=O)c1. The minimum absolute atomic E-state index is 0.00412. The van der Waals surface area contributed by atoms with E-state index in [1.165, 1.54) is 18.9 Å². The van der Waals surface area contributed by atoms with Gasteiger partial charge in [0.05, 0.1) is 5.75 Å². The van der Waals surface area contributed by atoms with Crippen molar-refractivity contribution in [3.8, 4) is 0 Å². The van der Waals surface area contributed by atoms with Crippen molar-refractivity contribution >= 4 is 29.2 Å². The molecule has 0 fully saturated rings. The Morgan fingerprint density at radius 3 is 2.87 bits per heavy atom. The number of carbonyl (C=O) groups is 2. The summed E-state index contributed by atoms with van der Waals surface area (Å²) in [6, 6.07) is 7.02. The molecule has 0 N–H and O–H groups in total. The third-order valence-corrected chi connectivity index (χ3v) is 2.86. The molecular formula is C11H9NO2S. The molecule has 0 saturated carbocycles. The Bertz CT molecular complexity index is 465. The molecular weight excluding hydrogens is 210 g/mol. The maximum atomic E-state index is 11.4. The van der Waals surface area contributed by atoms with Gasteiger partial charge < -0.3 is 0 Å². The van der Waals surface area contributed by atoms with Gasteiger partial charge in [-0.3, -0.25) is 9.59 Å². The zero-order valence-electron chi connectivity index (χ0n) is 8.19. The number of benzene rings is 1. The number of carbonyl (C=O) groups excluding carboxylic acids is 2. The van der Waals surface area contributed by atoms with Crippen LogP contribution >= 0.6 is 11.9 Å². The van der Waals surface area contributed by atoms with E-state index in [1.54, 1.807) is 24.3 Å². The molecule has 2 rings (SSSR count). The molecule has 4 heteroatoms. The molecule has 0 spiro atoms. The van der Waals surface area contributed by atoms with Crippen LogP contribution < -0.4 is 0 Å². The lowest BCUT2D eigenvalue weighted by Gasteiger charge is -2.00. The molecule has 1 aliphatic rings. The molecule has 1 aromatic rings. The van der Waals surface area contributed by atoms with Gasteiger partial charge in [0.2, 0.25) is 0 Å². The Labute approximate surface area is 91.7 Å². The maximum Gasteiger partial charge on any atom is 0.194 e. The van der Waals surface area contributed by atoms with Crippen molar-refractivity contribution in [2.75, 3.05) is 5.75 Å². The number of rotatable bonds is 2. The van der Waals surface area contributed by atoms with E-state index >= 15 is 0 Å². The Balaban J connectivity index is 2.41. The van der Waals surface area contributed by atoms with Gasteiger partial charge in [-0.05, 0) is 24.9 Å². The van der Waals surface area contributed by atoms with Crippen LogP contribution in [0.4, 0.5) is 0 Å². The van der Waals surface area contributed by atoms with Crippen molar-refractivity contribution in [2.24, 2.45) is 4.40 Å². The number of hydrogen-bond acceptors (Lipinski definition) is 4. The predicted octanol–water partition coefficient (Wildman–Crippen LogP) is 1.91. The first-order chi connectivity index (χ1) is 7.18. The molecule has 0 aromatic heterocycles. The van der Waals surface area contributed by atoms with Crippen LogP contribution in [0, 0.1) is 0 Å². The number of Topliss-reactive ketones (excluding diaryl/α,β-unsaturated/α-hetero) is 2. The average molecular weight is 219 g/mol. The Kier molecular flexibility index (Phi) is 2.68. The van der Waals surface area contributed by atoms with Crippen LogP contribution in [0.1, 0.15) is 22.8 Å². The summed E-state index contributed by atoms with van der Waals surface area (Å²) in [5.41, 5.74) is 1.82. The highest BCUT2D eigenvalue weighted by Crippen LogP contribution is 2.18. The van der Waals surface area contributed by atoms with Crippen molar-refractivity contribution in [1.29, 1.82) is 0 Å². The van der Waals surface area contributed by atoms with E-state index in [1.807, 2.05) is 0 Å². The van der Waals surface area contributed by atoms with Gasteiger partial charge in [0.15, 0.2) is 11.6 Å². The highest BCUT2D eigenvalue weighted by atomic mass is 32.2. The molecule has 1 heterocycles. The standard InChI is InChI=1S/C11H9NO2S/c1-7(13)8-3-2-4-9(5-8)11-10(14)6-15-12-11/h2-5H,6H2,1H3. The molecule has 0 saturated heterocycles. The van der Waals surface area contributed by atoms with Gasteiger partial charge in [0.25, 0.3) is 0 Å². The molecule has 0 radical (unpaired) electrons. The van der Waals surface area contributed by atoms with Crippen LogP contribution in [0.3, 0.4) is 0 Å². The topological polar surface area (TPSA) is 46.5 Å². The predicted molar refractivity (Wildman–Crippen MR) is 60.4 cm³/mol. The zero-order valence-corrected chi connectivity index (χ0v) is 9.00. The van der Waals surface area contributed by atoms with Crippen LogP contribution in [0.2, 0.25) is 0 Å². The minimum Gasteiger partial charge on any atom is -0.295 e. The quantitative estimate of drug-likeness (QED) is 0.564. The minimum atomic E-state index is -0.00412. The highest BCUT2D eigenvalue weighted by molar-refractivity contribution is 7.99. The zero-order chi connectivity index (χ0) is 10.8. The third kappa shape index (κ3) is 1.99. The number of nitrogens with zero attached hydrogens (tertiary/aromatic N) is 1. The molecule has 3 nitrogen and oxygen atoms in total. The van der Waals surface area contributed by atoms with Crippen molar-refractivity contribution in [2.45, 2.75) is 6.92 Å². The van der Waals surface area contributed by atoms with E-state index < -0.39 is 0 Å². The summed E-state index contributed by atoms with van der Waals surface area (Å²) in [5.74, 6) is 0.427. The van der Waals surface area contributed by atoms with Crippen molar-refractivity contribution in [1.82, 2.24) is 0 Å². The fourth-order valence-corrected chi connectivity index (χ4v) is 2.03. The molecule has 1 aromatic carbocycles. The first kappa shape index (κ1) is 10.1. The summed E-state index contributed by atoms with van der Waals surface area (Å²) in [7, 11) is 0. The van der Waals surface area contributed by atoms with E-state index in [2.05, 4.69) is 4.40 Å². The molecule has 15 heavy (non-hydrogen) atoms. The summed E-state index contributed by atoms with van der Waals surface area (Å²) in [6.07, 6.45) is 0. The Hall–Kier alpha value is -1.42. The summed E-state index contributed by atoms with van der Waals surface area (Å²) in [6.45, 7) is 1.51. The lowest BCUT2D eigenvalue weighted by molar-refractivity contribution is -0.110. The van der Waals surface area contributed by atoms with Gasteiger partial charge in [-0.25, -0.2) is 4.40 Å². The summed E-state index contributed by atoms with van der Waals surface area (Å²) >= 11 is 1.25. The van der Waals surface area contributed by atoms with E-state index in [-0.39, 0.29) is 11.6 Å². The molecule has 0 aliphatic carbocycles. The Morgan fingerprint density at radius 1 is 1.47 bits per heavy atom. The first-order valence-electron chi connectivity index (χ1n) is 4.53. The number of ketones is 2. The van der Waals surface area contributed by atoms with E-state index in [0.29, 0.717) is 17.0 Å². The van der Waals surface area contributed by atoms with Crippen LogP contribution in [0.5, 0.6) is 0 Å². The smallest absolute Gasteiger partial charge is 0.194 e. The van der Waals surface area contributed by atoms with Gasteiger partial charge >= 0.3 is 0 Å². The lowest BCUT2D eigenvalue weighted by Crippen LogP contribution is -2.12. The second-order valence-corrected chi connectivity index (χ2v) is 4.00.